The summed E-state index contributed by atoms with van der Waals surface area (Å²) < 4.78 is 5.43. The molecule has 0 fully saturated rings. The molecule has 1 amide bonds. The van der Waals surface area contributed by atoms with Crippen molar-refractivity contribution < 1.29 is 9.53 Å². The Morgan fingerprint density at radius 2 is 2.05 bits per heavy atom. The number of ether oxygens (including phenoxy) is 1. The lowest BCUT2D eigenvalue weighted by Crippen LogP contribution is -2.16. The van der Waals surface area contributed by atoms with Crippen molar-refractivity contribution >= 4 is 17.3 Å². The highest BCUT2D eigenvalue weighted by Crippen LogP contribution is 2.26. The van der Waals surface area contributed by atoms with Gasteiger partial charge in [0.2, 0.25) is 0 Å². The molecule has 0 saturated carbocycles. The predicted octanol–water partition coefficient (Wildman–Crippen LogP) is 2.79. The van der Waals surface area contributed by atoms with Crippen LogP contribution in [0.3, 0.4) is 0 Å². The molecule has 0 aliphatic rings. The van der Waals surface area contributed by atoms with Crippen molar-refractivity contribution in [3.8, 4) is 11.8 Å². The van der Waals surface area contributed by atoms with E-state index < -0.39 is 5.91 Å². The standard InChI is InChI=1S/C16H15N3O2/c1-2-21-14-9-5-7-12(18)15(14)16(20)19-13-8-4-3-6-11(13)10-17/h3-9H,2,18H2,1H3,(H,19,20). The van der Waals surface area contributed by atoms with Gasteiger partial charge in [0.15, 0.2) is 0 Å². The number of carbonyl (C=O) groups is 1. The number of nitrogens with zero attached hydrogens (tertiary/aromatic N) is 1. The molecule has 0 unspecified atom stereocenters. The van der Waals surface area contributed by atoms with E-state index in [0.29, 0.717) is 29.3 Å². The number of nitrogens with one attached hydrogen (secondary N) is 1. The lowest BCUT2D eigenvalue weighted by atomic mass is 10.1. The highest BCUT2D eigenvalue weighted by molar-refractivity contribution is 6.10. The van der Waals surface area contributed by atoms with Crippen LogP contribution in [-0.4, -0.2) is 12.5 Å². The van der Waals surface area contributed by atoms with Gasteiger partial charge in [0.05, 0.1) is 17.9 Å². The summed E-state index contributed by atoms with van der Waals surface area (Å²) in [6.07, 6.45) is 0. The van der Waals surface area contributed by atoms with E-state index in [4.69, 9.17) is 15.7 Å². The molecule has 5 heteroatoms. The molecule has 0 aliphatic heterocycles. The first kappa shape index (κ1) is 14.4. The van der Waals surface area contributed by atoms with Gasteiger partial charge in [-0.2, -0.15) is 5.26 Å². The normalized spacial score (nSPS) is 9.71. The number of hydrogen-bond acceptors (Lipinski definition) is 4. The number of amides is 1. The Labute approximate surface area is 123 Å². The topological polar surface area (TPSA) is 88.1 Å². The largest absolute Gasteiger partial charge is 0.493 e. The summed E-state index contributed by atoms with van der Waals surface area (Å²) in [6, 6.07) is 13.8. The van der Waals surface area contributed by atoms with Crippen LogP contribution in [0, 0.1) is 11.3 Å². The third-order valence-electron chi connectivity index (χ3n) is 2.88. The smallest absolute Gasteiger partial charge is 0.261 e. The molecule has 0 radical (unpaired) electrons. The minimum atomic E-state index is -0.403. The fraction of sp³-hybridized carbons (Fsp3) is 0.125. The molecule has 0 atom stereocenters. The average molecular weight is 281 g/mol. The molecule has 0 aromatic heterocycles. The molecule has 5 nitrogen and oxygen atoms in total. The number of nitrogens with two attached hydrogens (primary N) is 1. The molecule has 21 heavy (non-hydrogen) atoms. The number of para-hydroxylation sites is 1. The highest BCUT2D eigenvalue weighted by atomic mass is 16.5. The van der Waals surface area contributed by atoms with Gasteiger partial charge >= 0.3 is 0 Å². The minimum absolute atomic E-state index is 0.270. The highest BCUT2D eigenvalue weighted by Gasteiger charge is 2.17. The van der Waals surface area contributed by atoms with Crippen LogP contribution in [0.1, 0.15) is 22.8 Å². The van der Waals surface area contributed by atoms with Crippen molar-refractivity contribution in [2.45, 2.75) is 6.92 Å². The molecule has 0 aliphatic carbocycles. The Kier molecular flexibility index (Phi) is 4.42. The zero-order valence-corrected chi connectivity index (χ0v) is 11.6. The van der Waals surface area contributed by atoms with Crippen LogP contribution < -0.4 is 15.8 Å². The number of benzene rings is 2. The zero-order valence-electron chi connectivity index (χ0n) is 11.6. The Bertz CT molecular complexity index is 705. The molecule has 2 rings (SSSR count). The molecule has 0 bridgehead atoms. The van der Waals surface area contributed by atoms with Crippen LogP contribution in [0.4, 0.5) is 11.4 Å². The lowest BCUT2D eigenvalue weighted by molar-refractivity contribution is 0.102. The maximum Gasteiger partial charge on any atom is 0.261 e. The fourth-order valence-electron chi connectivity index (χ4n) is 1.94. The first-order valence-electron chi connectivity index (χ1n) is 6.49. The Morgan fingerprint density at radius 1 is 1.29 bits per heavy atom. The van der Waals surface area contributed by atoms with E-state index in [1.807, 2.05) is 13.0 Å². The maximum atomic E-state index is 12.4. The second-order valence-electron chi connectivity index (χ2n) is 4.26. The average Bonchev–Trinajstić information content (AvgIpc) is 2.48. The second kappa shape index (κ2) is 6.44. The third-order valence-corrected chi connectivity index (χ3v) is 2.88. The van der Waals surface area contributed by atoms with E-state index in [9.17, 15) is 4.79 Å². The van der Waals surface area contributed by atoms with Crippen molar-refractivity contribution in [3.63, 3.8) is 0 Å². The number of nitrogen functional groups attached to an aromatic ring is 1. The quantitative estimate of drug-likeness (QED) is 0.843. The summed E-state index contributed by atoms with van der Waals surface area (Å²) in [5.74, 6) is 0.0173. The SMILES string of the molecule is CCOc1cccc(N)c1C(=O)Nc1ccccc1C#N. The van der Waals surface area contributed by atoms with Gasteiger partial charge in [0, 0.05) is 5.69 Å². The van der Waals surface area contributed by atoms with E-state index in [1.165, 1.54) is 0 Å². The Hall–Kier alpha value is -3.00. The third kappa shape index (κ3) is 3.12. The van der Waals surface area contributed by atoms with E-state index in [2.05, 4.69) is 5.32 Å². The molecule has 106 valence electrons. The van der Waals surface area contributed by atoms with Crippen LogP contribution in [-0.2, 0) is 0 Å². The van der Waals surface area contributed by atoms with Crippen molar-refractivity contribution in [2.75, 3.05) is 17.7 Å². The number of rotatable bonds is 4. The molecule has 2 aromatic rings. The molecular weight excluding hydrogens is 266 g/mol. The summed E-state index contributed by atoms with van der Waals surface area (Å²) in [7, 11) is 0. The van der Waals surface area contributed by atoms with Crippen molar-refractivity contribution in [3.05, 3.63) is 53.6 Å². The van der Waals surface area contributed by atoms with Gasteiger partial charge in [0.1, 0.15) is 17.4 Å². The van der Waals surface area contributed by atoms with Gasteiger partial charge < -0.3 is 15.8 Å². The monoisotopic (exact) mass is 281 g/mol. The molecule has 2 aromatic carbocycles. The lowest BCUT2D eigenvalue weighted by Gasteiger charge is -2.13. The fourth-order valence-corrected chi connectivity index (χ4v) is 1.94. The minimum Gasteiger partial charge on any atom is -0.493 e. The van der Waals surface area contributed by atoms with E-state index in [1.54, 1.807) is 42.5 Å². The zero-order chi connectivity index (χ0) is 15.2. The van der Waals surface area contributed by atoms with Crippen LogP contribution in [0.5, 0.6) is 5.75 Å². The molecule has 0 heterocycles. The molecule has 0 saturated heterocycles. The van der Waals surface area contributed by atoms with Gasteiger partial charge in [-0.15, -0.1) is 0 Å². The summed E-state index contributed by atoms with van der Waals surface area (Å²) >= 11 is 0. The number of nitriles is 1. The van der Waals surface area contributed by atoms with Gasteiger partial charge in [-0.3, -0.25) is 4.79 Å². The van der Waals surface area contributed by atoms with Crippen LogP contribution in [0.15, 0.2) is 42.5 Å². The summed E-state index contributed by atoms with van der Waals surface area (Å²) in [4.78, 5) is 12.4. The second-order valence-corrected chi connectivity index (χ2v) is 4.26. The van der Waals surface area contributed by atoms with Gasteiger partial charge in [0.25, 0.3) is 5.91 Å². The summed E-state index contributed by atoms with van der Waals surface area (Å²) in [5, 5.41) is 11.7. The van der Waals surface area contributed by atoms with Crippen LogP contribution in [0.2, 0.25) is 0 Å². The Morgan fingerprint density at radius 3 is 2.76 bits per heavy atom. The number of carbonyl (C=O) groups excluding carboxylic acids is 1. The number of hydrogen-bond donors (Lipinski definition) is 2. The molecular formula is C16H15N3O2. The van der Waals surface area contributed by atoms with Crippen LogP contribution in [0.25, 0.3) is 0 Å². The maximum absolute atomic E-state index is 12.4. The molecule has 0 spiro atoms. The van der Waals surface area contributed by atoms with Gasteiger partial charge in [-0.05, 0) is 31.2 Å². The van der Waals surface area contributed by atoms with Crippen LogP contribution >= 0.6 is 0 Å². The van der Waals surface area contributed by atoms with E-state index >= 15 is 0 Å². The van der Waals surface area contributed by atoms with Crippen molar-refractivity contribution in [1.82, 2.24) is 0 Å². The molecule has 3 N–H and O–H groups in total. The summed E-state index contributed by atoms with van der Waals surface area (Å²) in [5.41, 5.74) is 7.30. The van der Waals surface area contributed by atoms with Crippen molar-refractivity contribution in [1.29, 1.82) is 5.26 Å². The first-order chi connectivity index (χ1) is 10.2. The van der Waals surface area contributed by atoms with Gasteiger partial charge in [-0.25, -0.2) is 0 Å². The van der Waals surface area contributed by atoms with Gasteiger partial charge in [-0.1, -0.05) is 18.2 Å². The van der Waals surface area contributed by atoms with E-state index in [-0.39, 0.29) is 5.56 Å². The van der Waals surface area contributed by atoms with E-state index in [0.717, 1.165) is 0 Å². The predicted molar refractivity (Wildman–Crippen MR) is 81.1 cm³/mol. The summed E-state index contributed by atoms with van der Waals surface area (Å²) in [6.45, 7) is 2.26. The van der Waals surface area contributed by atoms with Crippen molar-refractivity contribution in [2.24, 2.45) is 0 Å². The number of anilines is 2. The first-order valence-corrected chi connectivity index (χ1v) is 6.49. The Balaban J connectivity index is 2.35.